The Labute approximate surface area is 149 Å². The fourth-order valence-corrected chi connectivity index (χ4v) is 2.29. The van der Waals surface area contributed by atoms with Crippen molar-refractivity contribution in [2.24, 2.45) is 0 Å². The lowest BCUT2D eigenvalue weighted by Crippen LogP contribution is -2.15. The number of anilines is 3. The van der Waals surface area contributed by atoms with Gasteiger partial charge >= 0.3 is 0 Å². The number of aryl methyl sites for hydroxylation is 1. The van der Waals surface area contributed by atoms with E-state index in [9.17, 15) is 9.18 Å². The van der Waals surface area contributed by atoms with Gasteiger partial charge in [-0.15, -0.1) is 0 Å². The van der Waals surface area contributed by atoms with Crippen LogP contribution < -0.4 is 10.6 Å². The summed E-state index contributed by atoms with van der Waals surface area (Å²) >= 11 is 0. The number of amides is 1. The molecule has 3 rings (SSSR count). The zero-order valence-electron chi connectivity index (χ0n) is 13.8. The molecule has 0 spiro atoms. The van der Waals surface area contributed by atoms with Gasteiger partial charge in [0.15, 0.2) is 0 Å². The topological polar surface area (TPSA) is 90.7 Å². The Balaban J connectivity index is 1.81. The smallest absolute Gasteiger partial charge is 0.274 e. The number of carbonyl (C=O) groups excluding carboxylic acids is 1. The third-order valence-electron chi connectivity index (χ3n) is 3.44. The standard InChI is InChI=1S/C19H14FN5O/c1-12-22-17(19(26)25-15-7-5-14(20)6-8-15)10-18(23-12)24-16-4-2-3-13(9-16)11-21/h2-10H,1H3,(H,25,26)(H,22,23,24). The van der Waals surface area contributed by atoms with Crippen LogP contribution in [0.25, 0.3) is 0 Å². The van der Waals surface area contributed by atoms with Gasteiger partial charge in [0, 0.05) is 17.4 Å². The highest BCUT2D eigenvalue weighted by molar-refractivity contribution is 6.03. The van der Waals surface area contributed by atoms with Crippen molar-refractivity contribution in [1.82, 2.24) is 9.97 Å². The Morgan fingerprint density at radius 3 is 2.58 bits per heavy atom. The Hall–Kier alpha value is -3.79. The van der Waals surface area contributed by atoms with Crippen molar-refractivity contribution in [2.45, 2.75) is 6.92 Å². The zero-order chi connectivity index (χ0) is 18.5. The van der Waals surface area contributed by atoms with E-state index in [4.69, 9.17) is 5.26 Å². The molecule has 0 aliphatic rings. The maximum absolute atomic E-state index is 13.0. The van der Waals surface area contributed by atoms with Crippen LogP contribution in [0.15, 0.2) is 54.6 Å². The molecule has 0 atom stereocenters. The number of hydrogen-bond acceptors (Lipinski definition) is 5. The van der Waals surface area contributed by atoms with E-state index < -0.39 is 5.91 Å². The molecule has 7 heteroatoms. The Kier molecular flexibility index (Phi) is 4.85. The number of hydrogen-bond donors (Lipinski definition) is 2. The highest BCUT2D eigenvalue weighted by Crippen LogP contribution is 2.17. The highest BCUT2D eigenvalue weighted by Gasteiger charge is 2.11. The molecule has 6 nitrogen and oxygen atoms in total. The number of nitrogens with zero attached hydrogens (tertiary/aromatic N) is 3. The number of nitrogens with one attached hydrogen (secondary N) is 2. The molecule has 0 bridgehead atoms. The molecule has 0 saturated carbocycles. The molecule has 1 amide bonds. The molecule has 0 radical (unpaired) electrons. The molecule has 1 aromatic heterocycles. The molecule has 1 heterocycles. The molecule has 26 heavy (non-hydrogen) atoms. The third kappa shape index (κ3) is 4.19. The van der Waals surface area contributed by atoms with Crippen LogP contribution in [-0.2, 0) is 0 Å². The van der Waals surface area contributed by atoms with Gasteiger partial charge in [-0.2, -0.15) is 5.26 Å². The monoisotopic (exact) mass is 347 g/mol. The summed E-state index contributed by atoms with van der Waals surface area (Å²) in [6, 6.07) is 15.9. The molecular formula is C19H14FN5O. The van der Waals surface area contributed by atoms with Crippen LogP contribution in [0.3, 0.4) is 0 Å². The summed E-state index contributed by atoms with van der Waals surface area (Å²) in [5, 5.41) is 14.7. The first-order valence-electron chi connectivity index (χ1n) is 7.73. The van der Waals surface area contributed by atoms with Crippen molar-refractivity contribution in [3.8, 4) is 6.07 Å². The molecule has 0 unspecified atom stereocenters. The van der Waals surface area contributed by atoms with E-state index in [1.54, 1.807) is 31.2 Å². The van der Waals surface area contributed by atoms with Gasteiger partial charge in [0.1, 0.15) is 23.2 Å². The van der Waals surface area contributed by atoms with Gasteiger partial charge in [0.25, 0.3) is 5.91 Å². The molecule has 3 aromatic rings. The fraction of sp³-hybridized carbons (Fsp3) is 0.0526. The predicted octanol–water partition coefficient (Wildman–Crippen LogP) is 3.79. The first kappa shape index (κ1) is 17.0. The quantitative estimate of drug-likeness (QED) is 0.749. The second-order valence-corrected chi connectivity index (χ2v) is 5.46. The molecule has 2 N–H and O–H groups in total. The van der Waals surface area contributed by atoms with E-state index in [1.807, 2.05) is 0 Å². The van der Waals surface area contributed by atoms with E-state index in [0.29, 0.717) is 28.6 Å². The average molecular weight is 347 g/mol. The van der Waals surface area contributed by atoms with E-state index in [-0.39, 0.29) is 11.5 Å². The van der Waals surface area contributed by atoms with Crippen LogP contribution in [0.5, 0.6) is 0 Å². The molecule has 0 fully saturated rings. The molecule has 128 valence electrons. The fourth-order valence-electron chi connectivity index (χ4n) is 2.29. The minimum Gasteiger partial charge on any atom is -0.340 e. The van der Waals surface area contributed by atoms with E-state index in [1.165, 1.54) is 30.3 Å². The highest BCUT2D eigenvalue weighted by atomic mass is 19.1. The zero-order valence-corrected chi connectivity index (χ0v) is 13.8. The van der Waals surface area contributed by atoms with Gasteiger partial charge in [-0.3, -0.25) is 4.79 Å². The van der Waals surface area contributed by atoms with Crippen LogP contribution >= 0.6 is 0 Å². The maximum Gasteiger partial charge on any atom is 0.274 e. The number of carbonyl (C=O) groups is 1. The summed E-state index contributed by atoms with van der Waals surface area (Å²) in [6.45, 7) is 1.67. The third-order valence-corrected chi connectivity index (χ3v) is 3.44. The lowest BCUT2D eigenvalue weighted by Gasteiger charge is -2.09. The van der Waals surface area contributed by atoms with Crippen LogP contribution in [0.1, 0.15) is 21.9 Å². The van der Waals surface area contributed by atoms with E-state index >= 15 is 0 Å². The largest absolute Gasteiger partial charge is 0.340 e. The second kappa shape index (κ2) is 7.40. The normalized spacial score (nSPS) is 10.0. The van der Waals surface area contributed by atoms with Crippen LogP contribution in [0.2, 0.25) is 0 Å². The van der Waals surface area contributed by atoms with E-state index in [0.717, 1.165) is 0 Å². The van der Waals surface area contributed by atoms with Crippen molar-refractivity contribution in [3.05, 3.63) is 77.5 Å². The van der Waals surface area contributed by atoms with Crippen molar-refractivity contribution in [1.29, 1.82) is 5.26 Å². The summed E-state index contributed by atoms with van der Waals surface area (Å²) in [7, 11) is 0. The van der Waals surface area contributed by atoms with Crippen molar-refractivity contribution in [2.75, 3.05) is 10.6 Å². The minimum absolute atomic E-state index is 0.167. The van der Waals surface area contributed by atoms with Crippen molar-refractivity contribution in [3.63, 3.8) is 0 Å². The summed E-state index contributed by atoms with van der Waals surface area (Å²) in [5.74, 6) is 0.0236. The number of aromatic nitrogens is 2. The average Bonchev–Trinajstić information content (AvgIpc) is 2.63. The second-order valence-electron chi connectivity index (χ2n) is 5.46. The Morgan fingerprint density at radius 2 is 1.85 bits per heavy atom. The molecule has 0 saturated heterocycles. The van der Waals surface area contributed by atoms with Crippen LogP contribution in [0.4, 0.5) is 21.6 Å². The van der Waals surface area contributed by atoms with Crippen LogP contribution in [0, 0.1) is 24.1 Å². The number of halogens is 1. The van der Waals surface area contributed by atoms with E-state index in [2.05, 4.69) is 26.7 Å². The number of benzene rings is 2. The SMILES string of the molecule is Cc1nc(Nc2cccc(C#N)c2)cc(C(=O)Nc2ccc(F)cc2)n1. The number of rotatable bonds is 4. The van der Waals surface area contributed by atoms with Gasteiger partial charge < -0.3 is 10.6 Å². The summed E-state index contributed by atoms with van der Waals surface area (Å²) in [5.41, 5.74) is 1.81. The minimum atomic E-state index is -0.434. The van der Waals surface area contributed by atoms with Gasteiger partial charge in [-0.05, 0) is 49.4 Å². The summed E-state index contributed by atoms with van der Waals surface area (Å²) in [6.07, 6.45) is 0. The lowest BCUT2D eigenvalue weighted by atomic mass is 10.2. The molecule has 0 aliphatic heterocycles. The predicted molar refractivity (Wildman–Crippen MR) is 95.6 cm³/mol. The van der Waals surface area contributed by atoms with Gasteiger partial charge in [0.05, 0.1) is 11.6 Å². The van der Waals surface area contributed by atoms with Crippen LogP contribution in [-0.4, -0.2) is 15.9 Å². The molecule has 0 aliphatic carbocycles. The first-order chi connectivity index (χ1) is 12.5. The summed E-state index contributed by atoms with van der Waals surface area (Å²) < 4.78 is 13.0. The maximum atomic E-state index is 13.0. The number of nitriles is 1. The Morgan fingerprint density at radius 1 is 1.08 bits per heavy atom. The van der Waals surface area contributed by atoms with Gasteiger partial charge in [0.2, 0.25) is 0 Å². The lowest BCUT2D eigenvalue weighted by molar-refractivity contribution is 0.102. The summed E-state index contributed by atoms with van der Waals surface area (Å²) in [4.78, 5) is 20.8. The first-order valence-corrected chi connectivity index (χ1v) is 7.73. The molecule has 2 aromatic carbocycles. The molecular weight excluding hydrogens is 333 g/mol. The van der Waals surface area contributed by atoms with Gasteiger partial charge in [-0.25, -0.2) is 14.4 Å². The van der Waals surface area contributed by atoms with Crippen molar-refractivity contribution < 1.29 is 9.18 Å². The Bertz CT molecular complexity index is 996. The van der Waals surface area contributed by atoms with Crippen molar-refractivity contribution >= 4 is 23.1 Å². The van der Waals surface area contributed by atoms with Gasteiger partial charge in [-0.1, -0.05) is 6.07 Å².